The van der Waals surface area contributed by atoms with Gasteiger partial charge in [-0.1, -0.05) is 11.0 Å². The lowest BCUT2D eigenvalue weighted by Crippen LogP contribution is -2.03. The Morgan fingerprint density at radius 2 is 2.09 bits per heavy atom. The van der Waals surface area contributed by atoms with E-state index in [-0.39, 0.29) is 0 Å². The lowest BCUT2D eigenvalue weighted by Gasteiger charge is -1.95. The molecular weight excluding hydrogens is 290 g/mol. The average Bonchev–Trinajstić information content (AvgIpc) is 3.07. The molecule has 0 aliphatic carbocycles. The van der Waals surface area contributed by atoms with E-state index in [1.807, 2.05) is 29.8 Å². The molecule has 2 aromatic heterocycles. The van der Waals surface area contributed by atoms with Gasteiger partial charge in [0.15, 0.2) is 11.3 Å². The van der Waals surface area contributed by atoms with E-state index in [1.165, 1.54) is 11.0 Å². The third-order valence-corrected chi connectivity index (χ3v) is 3.61. The van der Waals surface area contributed by atoms with Gasteiger partial charge in [-0.05, 0) is 29.1 Å². The third kappa shape index (κ3) is 2.05. The first-order valence-corrected chi connectivity index (χ1v) is 6.86. The van der Waals surface area contributed by atoms with Crippen molar-refractivity contribution in [2.24, 2.45) is 12.1 Å². The van der Waals surface area contributed by atoms with Gasteiger partial charge in [0.1, 0.15) is 5.82 Å². The van der Waals surface area contributed by atoms with Crippen LogP contribution in [0.5, 0.6) is 0 Å². The van der Waals surface area contributed by atoms with Crippen molar-refractivity contribution in [1.29, 1.82) is 0 Å². The van der Waals surface area contributed by atoms with Crippen molar-refractivity contribution in [1.82, 2.24) is 19.5 Å². The van der Waals surface area contributed by atoms with Crippen molar-refractivity contribution in [3.05, 3.63) is 42.0 Å². The van der Waals surface area contributed by atoms with E-state index in [1.54, 1.807) is 6.33 Å². The van der Waals surface area contributed by atoms with E-state index in [9.17, 15) is 0 Å². The molecule has 1 aromatic carbocycles. The van der Waals surface area contributed by atoms with Crippen molar-refractivity contribution < 1.29 is 4.68 Å². The van der Waals surface area contributed by atoms with Crippen LogP contribution in [0.4, 0.5) is 11.6 Å². The Morgan fingerprint density at radius 1 is 1.22 bits per heavy atom. The molecule has 7 nitrogen and oxygen atoms in total. The fraction of sp³-hybridized carbons (Fsp3) is 0.0625. The standard InChI is InChI=1S/C16H12N7/c1-22-9-20-12-7-10(4-6-13(12)22)3-5-11-14-15(17)18-8-19-16(14)23(2)21-11/h4,6-9H,2H2,1H3,(H2,17,18,19)/q+1. The first-order chi connectivity index (χ1) is 11.1. The Kier molecular flexibility index (Phi) is 2.71. The highest BCUT2D eigenvalue weighted by Crippen LogP contribution is 2.26. The number of nitrogen functional groups attached to an aromatic ring is 1. The first kappa shape index (κ1) is 13.2. The summed E-state index contributed by atoms with van der Waals surface area (Å²) in [6.45, 7) is 3.79. The number of nitrogens with zero attached hydrogens (tertiary/aromatic N) is 6. The van der Waals surface area contributed by atoms with E-state index in [2.05, 4.69) is 38.6 Å². The molecule has 0 saturated heterocycles. The number of fused-ring (bicyclic) bond motifs is 2. The predicted molar refractivity (Wildman–Crippen MR) is 87.6 cm³/mol. The zero-order chi connectivity index (χ0) is 16.0. The van der Waals surface area contributed by atoms with Crippen LogP contribution in [0.2, 0.25) is 0 Å². The van der Waals surface area contributed by atoms with Crippen LogP contribution in [0.1, 0.15) is 11.1 Å². The maximum atomic E-state index is 5.90. The lowest BCUT2D eigenvalue weighted by molar-refractivity contribution is -0.435. The highest BCUT2D eigenvalue weighted by molar-refractivity contribution is 6.18. The number of anilines is 1. The minimum absolute atomic E-state index is 0.342. The van der Waals surface area contributed by atoms with Crippen LogP contribution in [0.3, 0.4) is 0 Å². The Labute approximate surface area is 131 Å². The van der Waals surface area contributed by atoms with Crippen LogP contribution >= 0.6 is 0 Å². The van der Waals surface area contributed by atoms with Crippen LogP contribution in [-0.2, 0) is 7.05 Å². The quantitative estimate of drug-likeness (QED) is 0.497. The zero-order valence-electron chi connectivity index (χ0n) is 12.4. The second-order valence-corrected chi connectivity index (χ2v) is 5.11. The van der Waals surface area contributed by atoms with Gasteiger partial charge in [0, 0.05) is 12.6 Å². The van der Waals surface area contributed by atoms with E-state index < -0.39 is 0 Å². The summed E-state index contributed by atoms with van der Waals surface area (Å²) in [5.41, 5.74) is 9.83. The van der Waals surface area contributed by atoms with E-state index in [0.29, 0.717) is 22.9 Å². The molecular formula is C16H12N7+. The molecule has 3 aromatic rings. The summed E-state index contributed by atoms with van der Waals surface area (Å²) in [6, 6.07) is 5.87. The first-order valence-electron chi connectivity index (χ1n) is 6.86. The van der Waals surface area contributed by atoms with Gasteiger partial charge in [0.05, 0.1) is 24.1 Å². The maximum Gasteiger partial charge on any atom is 0.363 e. The van der Waals surface area contributed by atoms with Gasteiger partial charge in [0.25, 0.3) is 0 Å². The number of rotatable bonds is 0. The van der Waals surface area contributed by atoms with Crippen molar-refractivity contribution in [2.75, 3.05) is 5.73 Å². The van der Waals surface area contributed by atoms with Gasteiger partial charge in [-0.25, -0.2) is 4.98 Å². The topological polar surface area (TPSA) is 85.0 Å². The minimum atomic E-state index is 0.342. The molecule has 0 unspecified atom stereocenters. The second kappa shape index (κ2) is 4.74. The highest BCUT2D eigenvalue weighted by atomic mass is 15.4. The second-order valence-electron chi connectivity index (χ2n) is 5.11. The van der Waals surface area contributed by atoms with E-state index in [4.69, 9.17) is 5.73 Å². The number of hydrogen-bond donors (Lipinski definition) is 1. The number of aromatic nitrogens is 4. The minimum Gasteiger partial charge on any atom is -0.383 e. The molecule has 0 radical (unpaired) electrons. The Morgan fingerprint density at radius 3 is 2.96 bits per heavy atom. The summed E-state index contributed by atoms with van der Waals surface area (Å²) in [5.74, 6) is 7.00. The summed E-state index contributed by atoms with van der Waals surface area (Å²) < 4.78 is 3.36. The van der Waals surface area contributed by atoms with Crippen LogP contribution in [0.25, 0.3) is 11.0 Å². The van der Waals surface area contributed by atoms with E-state index in [0.717, 1.165) is 16.6 Å². The number of benzene rings is 1. The summed E-state index contributed by atoms with van der Waals surface area (Å²) >= 11 is 0. The fourth-order valence-electron chi connectivity index (χ4n) is 2.46. The number of aryl methyl sites for hydroxylation is 1. The van der Waals surface area contributed by atoms with Crippen molar-refractivity contribution in [3.63, 3.8) is 0 Å². The Balaban J connectivity index is 1.76. The molecule has 1 aliphatic heterocycles. The molecule has 0 amide bonds. The molecule has 7 heteroatoms. The average molecular weight is 302 g/mol. The third-order valence-electron chi connectivity index (χ3n) is 3.61. The SMILES string of the molecule is C=[N+]1N=C(C#Cc2ccc3c(c2)ncn3C)c2c(N)ncnc21. The number of hydrogen-bond acceptors (Lipinski definition) is 5. The van der Waals surface area contributed by atoms with Crippen LogP contribution in [0, 0.1) is 11.8 Å². The molecule has 0 saturated carbocycles. The van der Waals surface area contributed by atoms with Crippen molar-refractivity contribution in [3.8, 4) is 11.8 Å². The Hall–Kier alpha value is -3.53. The van der Waals surface area contributed by atoms with Gasteiger partial charge in [-0.3, -0.25) is 0 Å². The lowest BCUT2D eigenvalue weighted by atomic mass is 10.1. The number of hydrazone groups is 1. The summed E-state index contributed by atoms with van der Waals surface area (Å²) in [4.78, 5) is 12.4. The molecule has 0 spiro atoms. The molecule has 0 bridgehead atoms. The summed E-state index contributed by atoms with van der Waals surface area (Å²) in [5, 5.41) is 4.26. The molecule has 23 heavy (non-hydrogen) atoms. The van der Waals surface area contributed by atoms with Gasteiger partial charge in [-0.15, -0.1) is 4.68 Å². The van der Waals surface area contributed by atoms with Gasteiger partial charge in [0.2, 0.25) is 6.33 Å². The van der Waals surface area contributed by atoms with Crippen LogP contribution in [-0.4, -0.2) is 36.6 Å². The Bertz CT molecular complexity index is 1060. The van der Waals surface area contributed by atoms with Crippen molar-refractivity contribution >= 4 is 35.1 Å². The summed E-state index contributed by atoms with van der Waals surface area (Å²) in [6.07, 6.45) is 3.16. The van der Waals surface area contributed by atoms with Crippen LogP contribution in [0.15, 0.2) is 36.0 Å². The monoisotopic (exact) mass is 302 g/mol. The van der Waals surface area contributed by atoms with Crippen LogP contribution < -0.4 is 5.73 Å². The summed E-state index contributed by atoms with van der Waals surface area (Å²) in [7, 11) is 1.95. The van der Waals surface area contributed by atoms with Crippen molar-refractivity contribution in [2.45, 2.75) is 0 Å². The largest absolute Gasteiger partial charge is 0.383 e. The molecule has 1 aliphatic rings. The highest BCUT2D eigenvalue weighted by Gasteiger charge is 2.30. The molecule has 110 valence electrons. The zero-order valence-corrected chi connectivity index (χ0v) is 12.4. The normalized spacial score (nSPS) is 12.7. The smallest absolute Gasteiger partial charge is 0.363 e. The molecule has 0 atom stereocenters. The number of nitrogens with two attached hydrogens (primary N) is 1. The molecule has 0 fully saturated rings. The van der Waals surface area contributed by atoms with E-state index >= 15 is 0 Å². The number of imidazole rings is 1. The van der Waals surface area contributed by atoms with Gasteiger partial charge < -0.3 is 10.3 Å². The predicted octanol–water partition coefficient (Wildman–Crippen LogP) is 1.06. The van der Waals surface area contributed by atoms with Gasteiger partial charge in [-0.2, -0.15) is 4.98 Å². The fourth-order valence-corrected chi connectivity index (χ4v) is 2.46. The molecule has 2 N–H and O–H groups in total. The molecule has 4 rings (SSSR count). The maximum absolute atomic E-state index is 5.90. The van der Waals surface area contributed by atoms with Gasteiger partial charge >= 0.3 is 5.82 Å². The molecule has 3 heterocycles.